The molecule has 1 amide bonds. The third-order valence-corrected chi connectivity index (χ3v) is 7.05. The highest BCUT2D eigenvalue weighted by Gasteiger charge is 2.41. The molecule has 7 heteroatoms. The molecule has 2 aromatic rings. The van der Waals surface area contributed by atoms with Gasteiger partial charge in [-0.25, -0.2) is 13.4 Å². The molecule has 24 heavy (non-hydrogen) atoms. The number of para-hydroxylation sites is 1. The molecule has 1 aromatic heterocycles. The summed E-state index contributed by atoms with van der Waals surface area (Å²) in [7, 11) is -3.15. The van der Waals surface area contributed by atoms with Crippen LogP contribution in [-0.4, -0.2) is 59.9 Å². The SMILES string of the molecule is O=C(c1ccc2ccccc2n1)N1CCN(S(=O)(=O)C2CC2)CC1. The summed E-state index contributed by atoms with van der Waals surface area (Å²) in [4.78, 5) is 18.8. The fraction of sp³-hybridized carbons (Fsp3) is 0.412. The Morgan fingerprint density at radius 3 is 2.42 bits per heavy atom. The number of pyridine rings is 1. The van der Waals surface area contributed by atoms with Crippen molar-refractivity contribution in [3.8, 4) is 0 Å². The quantitative estimate of drug-likeness (QED) is 0.845. The molecule has 6 nitrogen and oxygen atoms in total. The maximum absolute atomic E-state index is 12.6. The highest BCUT2D eigenvalue weighted by atomic mass is 32.2. The first-order valence-corrected chi connectivity index (χ1v) is 9.70. The minimum absolute atomic E-state index is 0.135. The number of hydrogen-bond donors (Lipinski definition) is 0. The Morgan fingerprint density at radius 2 is 1.71 bits per heavy atom. The number of hydrogen-bond acceptors (Lipinski definition) is 4. The number of piperazine rings is 1. The maximum atomic E-state index is 12.6. The molecule has 0 atom stereocenters. The molecule has 126 valence electrons. The van der Waals surface area contributed by atoms with Crippen LogP contribution in [0.25, 0.3) is 10.9 Å². The van der Waals surface area contributed by atoms with Gasteiger partial charge in [0.25, 0.3) is 5.91 Å². The molecule has 0 N–H and O–H groups in total. The van der Waals surface area contributed by atoms with Crippen molar-refractivity contribution in [3.63, 3.8) is 0 Å². The van der Waals surface area contributed by atoms with Crippen molar-refractivity contribution >= 4 is 26.8 Å². The second-order valence-electron chi connectivity index (χ2n) is 6.32. The van der Waals surface area contributed by atoms with Crippen LogP contribution in [0.4, 0.5) is 0 Å². The highest BCUT2D eigenvalue weighted by Crippen LogP contribution is 2.31. The van der Waals surface area contributed by atoms with Crippen molar-refractivity contribution in [3.05, 3.63) is 42.1 Å². The number of carbonyl (C=O) groups is 1. The van der Waals surface area contributed by atoms with Crippen molar-refractivity contribution in [2.24, 2.45) is 0 Å². The molecule has 1 saturated carbocycles. The van der Waals surface area contributed by atoms with E-state index in [9.17, 15) is 13.2 Å². The first-order chi connectivity index (χ1) is 11.6. The van der Waals surface area contributed by atoms with Crippen LogP contribution in [0.15, 0.2) is 36.4 Å². The smallest absolute Gasteiger partial charge is 0.272 e. The zero-order chi connectivity index (χ0) is 16.7. The van der Waals surface area contributed by atoms with E-state index in [1.54, 1.807) is 11.0 Å². The molecule has 0 bridgehead atoms. The fourth-order valence-corrected chi connectivity index (χ4v) is 4.90. The van der Waals surface area contributed by atoms with Crippen LogP contribution in [0.5, 0.6) is 0 Å². The largest absolute Gasteiger partial charge is 0.335 e. The fourth-order valence-electron chi connectivity index (χ4n) is 3.07. The molecular formula is C17H19N3O3S. The van der Waals surface area contributed by atoms with E-state index in [0.717, 1.165) is 23.7 Å². The summed E-state index contributed by atoms with van der Waals surface area (Å²) < 4.78 is 26.0. The summed E-state index contributed by atoms with van der Waals surface area (Å²) in [6.07, 6.45) is 1.53. The first-order valence-electron chi connectivity index (χ1n) is 8.20. The monoisotopic (exact) mass is 345 g/mol. The number of fused-ring (bicyclic) bond motifs is 1. The molecule has 0 unspecified atom stereocenters. The molecule has 2 aliphatic rings. The van der Waals surface area contributed by atoms with Crippen molar-refractivity contribution in [2.45, 2.75) is 18.1 Å². The normalized spacial score (nSPS) is 19.6. The van der Waals surface area contributed by atoms with Gasteiger partial charge >= 0.3 is 0 Å². The zero-order valence-electron chi connectivity index (χ0n) is 13.3. The van der Waals surface area contributed by atoms with Crippen LogP contribution >= 0.6 is 0 Å². The Morgan fingerprint density at radius 1 is 1.00 bits per heavy atom. The van der Waals surface area contributed by atoms with Gasteiger partial charge in [-0.3, -0.25) is 4.79 Å². The van der Waals surface area contributed by atoms with E-state index < -0.39 is 10.0 Å². The molecule has 0 spiro atoms. The molecule has 2 fully saturated rings. The van der Waals surface area contributed by atoms with Crippen LogP contribution in [-0.2, 0) is 10.0 Å². The molecule has 2 heterocycles. The highest BCUT2D eigenvalue weighted by molar-refractivity contribution is 7.90. The number of amides is 1. The summed E-state index contributed by atoms with van der Waals surface area (Å²) in [5, 5.41) is 0.802. The van der Waals surface area contributed by atoms with Gasteiger partial charge in [-0.05, 0) is 25.0 Å². The summed E-state index contributed by atoms with van der Waals surface area (Å²) >= 11 is 0. The van der Waals surface area contributed by atoms with Gasteiger partial charge in [0.2, 0.25) is 10.0 Å². The zero-order valence-corrected chi connectivity index (χ0v) is 14.1. The Hall–Kier alpha value is -1.99. The van der Waals surface area contributed by atoms with E-state index in [-0.39, 0.29) is 11.2 Å². The molecule has 1 aliphatic heterocycles. The average molecular weight is 345 g/mol. The van der Waals surface area contributed by atoms with Crippen LogP contribution in [0.1, 0.15) is 23.3 Å². The predicted molar refractivity (Wildman–Crippen MR) is 91.2 cm³/mol. The van der Waals surface area contributed by atoms with E-state index in [4.69, 9.17) is 0 Å². The number of nitrogens with zero attached hydrogens (tertiary/aromatic N) is 3. The van der Waals surface area contributed by atoms with Gasteiger partial charge in [0, 0.05) is 31.6 Å². The lowest BCUT2D eigenvalue weighted by Gasteiger charge is -2.33. The van der Waals surface area contributed by atoms with Crippen molar-refractivity contribution in [2.75, 3.05) is 26.2 Å². The second-order valence-corrected chi connectivity index (χ2v) is 8.54. The lowest BCUT2D eigenvalue weighted by Crippen LogP contribution is -2.51. The Bertz CT molecular complexity index is 885. The Labute approximate surface area is 141 Å². The standard InChI is InChI=1S/C17H19N3O3S/c21-17(16-8-5-13-3-1-2-4-15(13)18-16)19-9-11-20(12-10-19)24(22,23)14-6-7-14/h1-5,8,14H,6-7,9-12H2. The maximum Gasteiger partial charge on any atom is 0.272 e. The number of aromatic nitrogens is 1. The lowest BCUT2D eigenvalue weighted by molar-refractivity contribution is 0.0692. The van der Waals surface area contributed by atoms with Gasteiger partial charge in [0.15, 0.2) is 0 Å². The van der Waals surface area contributed by atoms with Crippen molar-refractivity contribution in [1.29, 1.82) is 0 Å². The van der Waals surface area contributed by atoms with Crippen molar-refractivity contribution < 1.29 is 13.2 Å². The van der Waals surface area contributed by atoms with E-state index in [0.29, 0.717) is 31.9 Å². The van der Waals surface area contributed by atoms with Crippen LogP contribution < -0.4 is 0 Å². The van der Waals surface area contributed by atoms with Crippen molar-refractivity contribution in [1.82, 2.24) is 14.2 Å². The topological polar surface area (TPSA) is 70.6 Å². The van der Waals surface area contributed by atoms with Gasteiger partial charge in [-0.15, -0.1) is 0 Å². The first kappa shape index (κ1) is 15.5. The minimum Gasteiger partial charge on any atom is -0.335 e. The van der Waals surface area contributed by atoms with Crippen LogP contribution in [0, 0.1) is 0 Å². The van der Waals surface area contributed by atoms with Crippen LogP contribution in [0.2, 0.25) is 0 Å². The Balaban J connectivity index is 1.47. The number of rotatable bonds is 3. The van der Waals surface area contributed by atoms with E-state index in [1.165, 1.54) is 4.31 Å². The van der Waals surface area contributed by atoms with Gasteiger partial charge in [0.05, 0.1) is 10.8 Å². The molecular weight excluding hydrogens is 326 g/mol. The summed E-state index contributed by atoms with van der Waals surface area (Å²) in [6, 6.07) is 11.3. The van der Waals surface area contributed by atoms with Crippen LogP contribution in [0.3, 0.4) is 0 Å². The third kappa shape index (κ3) is 2.78. The molecule has 1 aliphatic carbocycles. The average Bonchev–Trinajstić information content (AvgIpc) is 3.46. The molecule has 1 saturated heterocycles. The second kappa shape index (κ2) is 5.82. The minimum atomic E-state index is -3.15. The lowest BCUT2D eigenvalue weighted by atomic mass is 10.2. The molecule has 4 rings (SSSR count). The number of sulfonamides is 1. The van der Waals surface area contributed by atoms with Gasteiger partial charge in [-0.1, -0.05) is 24.3 Å². The van der Waals surface area contributed by atoms with Gasteiger partial charge in [-0.2, -0.15) is 4.31 Å². The predicted octanol–water partition coefficient (Wildman–Crippen LogP) is 1.48. The van der Waals surface area contributed by atoms with E-state index >= 15 is 0 Å². The number of benzene rings is 1. The Kier molecular flexibility index (Phi) is 3.77. The van der Waals surface area contributed by atoms with E-state index in [2.05, 4.69) is 4.98 Å². The summed E-state index contributed by atoms with van der Waals surface area (Å²) in [5.74, 6) is -0.135. The van der Waals surface area contributed by atoms with Gasteiger partial charge < -0.3 is 4.90 Å². The summed E-state index contributed by atoms with van der Waals surface area (Å²) in [5.41, 5.74) is 1.20. The van der Waals surface area contributed by atoms with Gasteiger partial charge in [0.1, 0.15) is 5.69 Å². The molecule has 0 radical (unpaired) electrons. The third-order valence-electron chi connectivity index (χ3n) is 4.65. The number of carbonyl (C=O) groups excluding carboxylic acids is 1. The summed E-state index contributed by atoms with van der Waals surface area (Å²) in [6.45, 7) is 1.58. The van der Waals surface area contributed by atoms with E-state index in [1.807, 2.05) is 30.3 Å². The molecule has 1 aromatic carbocycles.